The number of rotatable bonds is 3. The van der Waals surface area contributed by atoms with E-state index >= 15 is 0 Å². The van der Waals surface area contributed by atoms with Crippen LogP contribution < -0.4 is 0 Å². The summed E-state index contributed by atoms with van der Waals surface area (Å²) in [5.74, 6) is 0. The van der Waals surface area contributed by atoms with Crippen LogP contribution in [0.1, 0.15) is 99.8 Å². The van der Waals surface area contributed by atoms with Crippen molar-refractivity contribution in [2.75, 3.05) is 0 Å². The molecule has 0 unspecified atom stereocenters. The van der Waals surface area contributed by atoms with Crippen molar-refractivity contribution in [1.29, 1.82) is 0 Å². The van der Waals surface area contributed by atoms with Crippen molar-refractivity contribution in [2.45, 2.75) is 104 Å². The van der Waals surface area contributed by atoms with Crippen molar-refractivity contribution in [3.63, 3.8) is 0 Å². The van der Waals surface area contributed by atoms with Gasteiger partial charge in [-0.2, -0.15) is 0 Å². The van der Waals surface area contributed by atoms with E-state index < -0.39 is 0 Å². The Morgan fingerprint density at radius 2 is 0.462 bits per heavy atom. The van der Waals surface area contributed by atoms with Gasteiger partial charge in [-0.05, 0) is 89.0 Å². The predicted octanol–water partition coefficient (Wildman–Crippen LogP) is 13.8. The van der Waals surface area contributed by atoms with Crippen molar-refractivity contribution in [3.05, 3.63) is 108 Å². The summed E-state index contributed by atoms with van der Waals surface area (Å²) >= 11 is 0. The molecule has 0 aliphatic heterocycles. The molecule has 0 saturated carbocycles. The van der Waals surface area contributed by atoms with Gasteiger partial charge < -0.3 is 0 Å². The fourth-order valence-electron chi connectivity index (χ4n) is 3.78. The molecule has 0 aliphatic rings. The summed E-state index contributed by atoms with van der Waals surface area (Å²) in [7, 11) is 0. The van der Waals surface area contributed by atoms with E-state index in [2.05, 4.69) is 112 Å². The van der Waals surface area contributed by atoms with E-state index in [1.165, 1.54) is 50.1 Å². The van der Waals surface area contributed by atoms with E-state index in [1.807, 2.05) is 83.1 Å². The molecule has 4 aromatic carbocycles. The summed E-state index contributed by atoms with van der Waals surface area (Å²) in [6.07, 6.45) is 0. The number of hydrogen-bond acceptors (Lipinski definition) is 0. The van der Waals surface area contributed by atoms with Gasteiger partial charge in [0.1, 0.15) is 0 Å². The fourth-order valence-corrected chi connectivity index (χ4v) is 3.78. The molecule has 4 aromatic rings. The van der Waals surface area contributed by atoms with Crippen LogP contribution in [-0.4, -0.2) is 0 Å². The second-order valence-corrected chi connectivity index (χ2v) is 7.24. The highest BCUT2D eigenvalue weighted by atomic mass is 14.1. The van der Waals surface area contributed by atoms with Gasteiger partial charge >= 0.3 is 0 Å². The van der Waals surface area contributed by atoms with Crippen LogP contribution >= 0.6 is 0 Å². The van der Waals surface area contributed by atoms with Crippen molar-refractivity contribution in [3.8, 4) is 33.4 Å². The van der Waals surface area contributed by atoms with Gasteiger partial charge in [-0.1, -0.05) is 156 Å². The van der Waals surface area contributed by atoms with E-state index in [0.717, 1.165) is 0 Å². The van der Waals surface area contributed by atoms with E-state index in [4.69, 9.17) is 0 Å². The van der Waals surface area contributed by atoms with Crippen LogP contribution in [0.3, 0.4) is 0 Å². The highest BCUT2D eigenvalue weighted by molar-refractivity contribution is 5.83. The molecule has 0 heteroatoms. The zero-order valence-corrected chi connectivity index (χ0v) is 28.2. The molecule has 4 rings (SSSR count). The lowest BCUT2D eigenvalue weighted by Gasteiger charge is -2.15. The number of aryl methyl sites for hydroxylation is 3. The molecule has 0 aliphatic carbocycles. The van der Waals surface area contributed by atoms with Crippen LogP contribution in [0.5, 0.6) is 0 Å². The highest BCUT2D eigenvalue weighted by Crippen LogP contribution is 2.35. The molecule has 0 saturated heterocycles. The van der Waals surface area contributed by atoms with Crippen LogP contribution in [0, 0.1) is 20.8 Å². The average Bonchev–Trinajstić information content (AvgIpc) is 3.03. The van der Waals surface area contributed by atoms with Crippen molar-refractivity contribution in [2.24, 2.45) is 0 Å². The van der Waals surface area contributed by atoms with Gasteiger partial charge in [0.2, 0.25) is 0 Å². The number of hydrogen-bond donors (Lipinski definition) is 0. The summed E-state index contributed by atoms with van der Waals surface area (Å²) in [5, 5.41) is 0. The molecule has 39 heavy (non-hydrogen) atoms. The Labute approximate surface area is 244 Å². The Balaban J connectivity index is -0.000000958. The van der Waals surface area contributed by atoms with Crippen molar-refractivity contribution < 1.29 is 0 Å². The quantitative estimate of drug-likeness (QED) is 0.248. The van der Waals surface area contributed by atoms with Gasteiger partial charge in [0.15, 0.2) is 0 Å². The monoisotopic (exact) mass is 528 g/mol. The zero-order valence-electron chi connectivity index (χ0n) is 28.2. The third-order valence-corrected chi connectivity index (χ3v) is 5.30. The standard InChI is InChI=1S/C27H24.6C2H6/c1-19-10-4-7-13-25(19)22-16-23(26-14-8-5-11-20(26)2)18-24(17-22)27-15-9-6-12-21(27)3;6*1-2/h4-18H,1-3H3;6*1-2H3. The summed E-state index contributed by atoms with van der Waals surface area (Å²) in [6.45, 7) is 30.6. The molecular weight excluding hydrogens is 468 g/mol. The first-order valence-corrected chi connectivity index (χ1v) is 15.5. The maximum atomic E-state index is 2.33. The Morgan fingerprint density at radius 1 is 0.282 bits per heavy atom. The third kappa shape index (κ3) is 13.0. The predicted molar refractivity (Wildman–Crippen MR) is 185 cm³/mol. The van der Waals surface area contributed by atoms with Crippen molar-refractivity contribution >= 4 is 0 Å². The van der Waals surface area contributed by atoms with Crippen LogP contribution in [0.4, 0.5) is 0 Å². The molecule has 0 nitrogen and oxygen atoms in total. The van der Waals surface area contributed by atoms with Gasteiger partial charge in [-0.25, -0.2) is 0 Å². The minimum absolute atomic E-state index is 1.27. The van der Waals surface area contributed by atoms with Crippen LogP contribution in [0.2, 0.25) is 0 Å². The lowest BCUT2D eigenvalue weighted by molar-refractivity contribution is 1.42. The van der Waals surface area contributed by atoms with Gasteiger partial charge in [-0.3, -0.25) is 0 Å². The first-order chi connectivity index (χ1) is 19.1. The molecule has 0 heterocycles. The summed E-state index contributed by atoms with van der Waals surface area (Å²) in [4.78, 5) is 0. The Morgan fingerprint density at radius 3 is 0.641 bits per heavy atom. The Bertz CT molecular complexity index is 948. The zero-order chi connectivity index (χ0) is 30.8. The Kier molecular flexibility index (Phi) is 27.4. The van der Waals surface area contributed by atoms with E-state index in [1.54, 1.807) is 0 Å². The summed E-state index contributed by atoms with van der Waals surface area (Å²) < 4.78 is 0. The van der Waals surface area contributed by atoms with Gasteiger partial charge in [0, 0.05) is 0 Å². The van der Waals surface area contributed by atoms with E-state index in [-0.39, 0.29) is 0 Å². The largest absolute Gasteiger partial charge is 0.0683 e. The maximum Gasteiger partial charge on any atom is -0.0154 e. The molecule has 0 N–H and O–H groups in total. The normalized spacial score (nSPS) is 8.38. The minimum Gasteiger partial charge on any atom is -0.0683 e. The molecule has 0 radical (unpaired) electrons. The highest BCUT2D eigenvalue weighted by Gasteiger charge is 2.11. The van der Waals surface area contributed by atoms with E-state index in [9.17, 15) is 0 Å². The van der Waals surface area contributed by atoms with Crippen molar-refractivity contribution in [1.82, 2.24) is 0 Å². The molecule has 0 fully saturated rings. The molecular formula is C39H60. The maximum absolute atomic E-state index is 2.33. The average molecular weight is 529 g/mol. The molecule has 0 spiro atoms. The summed E-state index contributed by atoms with van der Waals surface area (Å²) in [6, 6.07) is 32.9. The molecule has 0 amide bonds. The molecule has 0 aromatic heterocycles. The SMILES string of the molecule is CC.CC.CC.CC.CC.CC.Cc1ccccc1-c1cc(-c2ccccc2C)cc(-c2ccccc2C)c1. The minimum atomic E-state index is 1.27. The van der Waals surface area contributed by atoms with Gasteiger partial charge in [-0.15, -0.1) is 0 Å². The van der Waals surface area contributed by atoms with Gasteiger partial charge in [0.05, 0.1) is 0 Å². The lowest BCUT2D eigenvalue weighted by atomic mass is 9.89. The first kappa shape index (κ1) is 40.4. The van der Waals surface area contributed by atoms with Gasteiger partial charge in [0.25, 0.3) is 0 Å². The molecule has 216 valence electrons. The van der Waals surface area contributed by atoms with E-state index in [0.29, 0.717) is 0 Å². The Hall–Kier alpha value is -3.12. The second-order valence-electron chi connectivity index (χ2n) is 7.24. The van der Waals surface area contributed by atoms with Crippen LogP contribution in [0.15, 0.2) is 91.0 Å². The first-order valence-electron chi connectivity index (χ1n) is 15.5. The molecule has 0 atom stereocenters. The topological polar surface area (TPSA) is 0 Å². The smallest absolute Gasteiger partial charge is 0.0154 e. The molecule has 0 bridgehead atoms. The van der Waals surface area contributed by atoms with Crippen LogP contribution in [0.25, 0.3) is 33.4 Å². The summed E-state index contributed by atoms with van der Waals surface area (Å²) in [5.41, 5.74) is 11.6. The lowest BCUT2D eigenvalue weighted by Crippen LogP contribution is -1.90. The third-order valence-electron chi connectivity index (χ3n) is 5.30. The second kappa shape index (κ2) is 26.5. The fraction of sp³-hybridized carbons (Fsp3) is 0.385. The number of benzene rings is 4. The van der Waals surface area contributed by atoms with Crippen LogP contribution in [-0.2, 0) is 0 Å².